The Hall–Kier alpha value is -0.620. The number of aliphatic hydroxyl groups is 1. The predicted molar refractivity (Wildman–Crippen MR) is 51.5 cm³/mol. The summed E-state index contributed by atoms with van der Waals surface area (Å²) >= 11 is 0. The van der Waals surface area contributed by atoms with Gasteiger partial charge in [0.25, 0.3) is 0 Å². The number of carbonyl (C=O) groups excluding carboxylic acids is 1. The monoisotopic (exact) mass is 221 g/mol. The highest BCUT2D eigenvalue weighted by Gasteiger charge is 2.39. The van der Waals surface area contributed by atoms with E-state index in [2.05, 4.69) is 0 Å². The summed E-state index contributed by atoms with van der Waals surface area (Å²) < 4.78 is 22.3. The Bertz CT molecular complexity index is 324. The first-order valence-corrected chi connectivity index (χ1v) is 6.33. The molecule has 0 radical (unpaired) electrons. The van der Waals surface area contributed by atoms with Crippen LogP contribution in [0.2, 0.25) is 0 Å². The molecule has 14 heavy (non-hydrogen) atoms. The molecule has 0 aromatic heterocycles. The van der Waals surface area contributed by atoms with E-state index in [0.29, 0.717) is 6.42 Å². The zero-order chi connectivity index (χ0) is 10.9. The van der Waals surface area contributed by atoms with E-state index in [1.54, 1.807) is 6.92 Å². The van der Waals surface area contributed by atoms with E-state index in [-0.39, 0.29) is 17.4 Å². The molecule has 1 rings (SSSR count). The molecule has 2 unspecified atom stereocenters. The lowest BCUT2D eigenvalue weighted by molar-refractivity contribution is -0.132. The summed E-state index contributed by atoms with van der Waals surface area (Å²) in [7, 11) is -1.65. The van der Waals surface area contributed by atoms with Crippen LogP contribution in [0.15, 0.2) is 0 Å². The van der Waals surface area contributed by atoms with Gasteiger partial charge in [-0.05, 0) is 0 Å². The molecule has 5 nitrogen and oxygen atoms in total. The van der Waals surface area contributed by atoms with E-state index < -0.39 is 22.0 Å². The average Bonchev–Trinajstić information content (AvgIpc) is 2.37. The molecular formula is C8H15NO4S. The quantitative estimate of drug-likeness (QED) is 0.650. The summed E-state index contributed by atoms with van der Waals surface area (Å²) in [6.07, 6.45) is -0.625. The van der Waals surface area contributed by atoms with Crippen LogP contribution in [-0.2, 0) is 14.6 Å². The van der Waals surface area contributed by atoms with Gasteiger partial charge in [0.05, 0.1) is 23.7 Å². The molecule has 1 heterocycles. The molecule has 1 aliphatic heterocycles. The highest BCUT2D eigenvalue weighted by molar-refractivity contribution is 7.91. The Morgan fingerprint density at radius 3 is 2.43 bits per heavy atom. The summed E-state index contributed by atoms with van der Waals surface area (Å²) in [5, 5.41) is 9.47. The molecular weight excluding hydrogens is 206 g/mol. The van der Waals surface area contributed by atoms with Gasteiger partial charge in [-0.2, -0.15) is 0 Å². The summed E-state index contributed by atoms with van der Waals surface area (Å²) in [5.74, 6) is -0.513. The Balaban J connectivity index is 2.76. The number of rotatable bonds is 2. The van der Waals surface area contributed by atoms with E-state index in [9.17, 15) is 18.3 Å². The lowest BCUT2D eigenvalue weighted by Crippen LogP contribution is -2.43. The standard InChI is InChI=1S/C8H15NO4S/c1-3-8(11)9(2)6-4-14(12,13)5-7(6)10/h6-7,10H,3-5H2,1-2H3. The second-order valence-electron chi connectivity index (χ2n) is 3.57. The molecule has 1 N–H and O–H groups in total. The molecule has 1 aliphatic rings. The second kappa shape index (κ2) is 3.86. The molecule has 0 aromatic carbocycles. The predicted octanol–water partition coefficient (Wildman–Crippen LogP) is -0.987. The molecule has 6 heteroatoms. The van der Waals surface area contributed by atoms with Crippen molar-refractivity contribution in [1.82, 2.24) is 4.90 Å². The number of sulfone groups is 1. The Morgan fingerprint density at radius 1 is 1.50 bits per heavy atom. The van der Waals surface area contributed by atoms with Crippen LogP contribution >= 0.6 is 0 Å². The zero-order valence-corrected chi connectivity index (χ0v) is 9.12. The minimum absolute atomic E-state index is 0.129. The van der Waals surface area contributed by atoms with Crippen molar-refractivity contribution in [3.05, 3.63) is 0 Å². The van der Waals surface area contributed by atoms with Crippen LogP contribution in [0, 0.1) is 0 Å². The van der Waals surface area contributed by atoms with Gasteiger partial charge in [0.2, 0.25) is 5.91 Å². The van der Waals surface area contributed by atoms with Crippen LogP contribution < -0.4 is 0 Å². The number of aliphatic hydroxyl groups excluding tert-OH is 1. The van der Waals surface area contributed by atoms with Crippen LogP contribution in [0.1, 0.15) is 13.3 Å². The van der Waals surface area contributed by atoms with Crippen molar-refractivity contribution >= 4 is 15.7 Å². The number of amides is 1. The highest BCUT2D eigenvalue weighted by atomic mass is 32.2. The lowest BCUT2D eigenvalue weighted by atomic mass is 10.2. The lowest BCUT2D eigenvalue weighted by Gasteiger charge is -2.25. The van der Waals surface area contributed by atoms with Gasteiger partial charge in [-0.15, -0.1) is 0 Å². The van der Waals surface area contributed by atoms with Crippen molar-refractivity contribution in [1.29, 1.82) is 0 Å². The molecule has 0 bridgehead atoms. The summed E-state index contributed by atoms with van der Waals surface area (Å²) in [6, 6.07) is -0.576. The Kier molecular flexibility index (Phi) is 3.16. The van der Waals surface area contributed by atoms with Gasteiger partial charge < -0.3 is 10.0 Å². The average molecular weight is 221 g/mol. The number of hydrogen-bond donors (Lipinski definition) is 1. The third-order valence-electron chi connectivity index (χ3n) is 2.49. The smallest absolute Gasteiger partial charge is 0.222 e. The van der Waals surface area contributed by atoms with Gasteiger partial charge in [0, 0.05) is 13.5 Å². The fourth-order valence-corrected chi connectivity index (χ4v) is 3.46. The molecule has 1 amide bonds. The molecule has 0 aliphatic carbocycles. The fourth-order valence-electron chi connectivity index (χ4n) is 1.61. The molecule has 2 atom stereocenters. The SMILES string of the molecule is CCC(=O)N(C)C1CS(=O)(=O)CC1O. The third kappa shape index (κ3) is 2.24. The highest BCUT2D eigenvalue weighted by Crippen LogP contribution is 2.17. The molecule has 0 aromatic rings. The van der Waals surface area contributed by atoms with E-state index in [0.717, 1.165) is 0 Å². The molecule has 0 spiro atoms. The molecule has 1 saturated heterocycles. The molecule has 82 valence electrons. The topological polar surface area (TPSA) is 74.7 Å². The van der Waals surface area contributed by atoms with Gasteiger partial charge in [-0.25, -0.2) is 8.42 Å². The van der Waals surface area contributed by atoms with Crippen LogP contribution in [0.3, 0.4) is 0 Å². The number of carbonyl (C=O) groups is 1. The fraction of sp³-hybridized carbons (Fsp3) is 0.875. The first kappa shape index (κ1) is 11.5. The minimum Gasteiger partial charge on any atom is -0.390 e. The minimum atomic E-state index is -3.18. The maximum Gasteiger partial charge on any atom is 0.222 e. The van der Waals surface area contributed by atoms with Crippen molar-refractivity contribution in [3.63, 3.8) is 0 Å². The van der Waals surface area contributed by atoms with Crippen molar-refractivity contribution < 1.29 is 18.3 Å². The van der Waals surface area contributed by atoms with Gasteiger partial charge >= 0.3 is 0 Å². The number of hydrogen-bond acceptors (Lipinski definition) is 4. The van der Waals surface area contributed by atoms with E-state index in [4.69, 9.17) is 0 Å². The maximum atomic E-state index is 11.3. The van der Waals surface area contributed by atoms with Gasteiger partial charge in [0.15, 0.2) is 9.84 Å². The van der Waals surface area contributed by atoms with E-state index in [1.807, 2.05) is 0 Å². The van der Waals surface area contributed by atoms with Crippen molar-refractivity contribution in [2.75, 3.05) is 18.6 Å². The molecule has 1 fully saturated rings. The summed E-state index contributed by atoms with van der Waals surface area (Å²) in [6.45, 7) is 1.70. The first-order valence-electron chi connectivity index (χ1n) is 4.51. The summed E-state index contributed by atoms with van der Waals surface area (Å²) in [4.78, 5) is 12.6. The largest absolute Gasteiger partial charge is 0.390 e. The van der Waals surface area contributed by atoms with Crippen LogP contribution in [0.5, 0.6) is 0 Å². The van der Waals surface area contributed by atoms with Crippen LogP contribution in [0.25, 0.3) is 0 Å². The maximum absolute atomic E-state index is 11.3. The normalized spacial score (nSPS) is 30.2. The number of nitrogens with zero attached hydrogens (tertiary/aromatic N) is 1. The van der Waals surface area contributed by atoms with Crippen molar-refractivity contribution in [2.24, 2.45) is 0 Å². The van der Waals surface area contributed by atoms with Gasteiger partial charge in [-0.1, -0.05) is 6.92 Å². The molecule has 0 saturated carbocycles. The van der Waals surface area contributed by atoms with E-state index >= 15 is 0 Å². The third-order valence-corrected chi connectivity index (χ3v) is 4.19. The summed E-state index contributed by atoms with van der Waals surface area (Å²) in [5.41, 5.74) is 0. The van der Waals surface area contributed by atoms with Crippen LogP contribution in [-0.4, -0.2) is 55.0 Å². The second-order valence-corrected chi connectivity index (χ2v) is 5.72. The van der Waals surface area contributed by atoms with Crippen molar-refractivity contribution in [3.8, 4) is 0 Å². The Labute approximate surface area is 83.6 Å². The van der Waals surface area contributed by atoms with E-state index in [1.165, 1.54) is 11.9 Å². The number of likely N-dealkylation sites (N-methyl/N-ethyl adjacent to an activating group) is 1. The van der Waals surface area contributed by atoms with Gasteiger partial charge in [0.1, 0.15) is 0 Å². The van der Waals surface area contributed by atoms with Crippen LogP contribution in [0.4, 0.5) is 0 Å². The van der Waals surface area contributed by atoms with Gasteiger partial charge in [-0.3, -0.25) is 4.79 Å². The van der Waals surface area contributed by atoms with Crippen molar-refractivity contribution in [2.45, 2.75) is 25.5 Å². The first-order chi connectivity index (χ1) is 6.37. The Morgan fingerprint density at radius 2 is 2.07 bits per heavy atom. The zero-order valence-electron chi connectivity index (χ0n) is 8.30.